The first-order chi connectivity index (χ1) is 21.6. The number of unbranched alkanes of at least 4 members (excludes halogenated alkanes) is 8. The van der Waals surface area contributed by atoms with E-state index in [9.17, 15) is 26.4 Å². The van der Waals surface area contributed by atoms with Crippen LogP contribution >= 0.6 is 21.5 Å². The number of ether oxygens (including phenoxy) is 4. The van der Waals surface area contributed by atoms with Gasteiger partial charge in [-0.05, 0) is 68.8 Å². The van der Waals surface area contributed by atoms with Gasteiger partial charge in [0.15, 0.2) is 0 Å². The van der Waals surface area contributed by atoms with E-state index in [4.69, 9.17) is 39.7 Å². The van der Waals surface area contributed by atoms with Gasteiger partial charge in [-0.15, -0.1) is 11.6 Å². The molecule has 0 aliphatic carbocycles. The Kier molecular flexibility index (Phi) is 26.3. The second-order valence-electron chi connectivity index (χ2n) is 11.0. The molecule has 0 amide bonds. The third-order valence-corrected chi connectivity index (χ3v) is 9.54. The molecule has 0 radical (unpaired) electrons. The summed E-state index contributed by atoms with van der Waals surface area (Å²) in [6, 6.07) is 8.92. The van der Waals surface area contributed by atoms with Crippen molar-refractivity contribution in [1.82, 2.24) is 0 Å². The molecule has 0 aliphatic rings. The maximum atomic E-state index is 12.6. The van der Waals surface area contributed by atoms with Gasteiger partial charge in [0.05, 0.1) is 9.79 Å². The fourth-order valence-electron chi connectivity index (χ4n) is 4.87. The zero-order valence-corrected chi connectivity index (χ0v) is 30.7. The SMILES string of the molecule is CCCCCCCCCCCC(Cl)C(C(C)OC(=O)Oc1ccc(S(=O)(=O)O)cc1)C(C)OC(=O)Oc1ccc(S(=O)(=O)O)cc1.P.[NaH].[NaH]. The molecule has 0 saturated heterocycles. The fourth-order valence-corrected chi connectivity index (χ4v) is 6.40. The van der Waals surface area contributed by atoms with Crippen LogP contribution in [0.5, 0.6) is 11.5 Å². The van der Waals surface area contributed by atoms with E-state index in [1.165, 1.54) is 56.4 Å². The fraction of sp³-hybridized carbons (Fsp3) is 0.548. The molecule has 4 atom stereocenters. The molecule has 4 unspecified atom stereocenters. The first kappa shape index (κ1) is 50.6. The summed E-state index contributed by atoms with van der Waals surface area (Å²) in [6.45, 7) is 5.32. The number of carbonyl (C=O) groups is 2. The molecule has 2 N–H and O–H groups in total. The van der Waals surface area contributed by atoms with Crippen LogP contribution in [0, 0.1) is 5.92 Å². The van der Waals surface area contributed by atoms with Gasteiger partial charge < -0.3 is 18.9 Å². The van der Waals surface area contributed by atoms with Crippen LogP contribution in [0.4, 0.5) is 9.59 Å². The summed E-state index contributed by atoms with van der Waals surface area (Å²) in [5.74, 6) is -0.781. The van der Waals surface area contributed by atoms with Crippen molar-refractivity contribution in [3.63, 3.8) is 0 Å². The van der Waals surface area contributed by atoms with Crippen molar-refractivity contribution in [3.05, 3.63) is 48.5 Å². The third kappa shape index (κ3) is 19.8. The first-order valence-electron chi connectivity index (χ1n) is 15.2. The number of hydrogen-bond acceptors (Lipinski definition) is 10. The van der Waals surface area contributed by atoms with Crippen molar-refractivity contribution in [3.8, 4) is 11.5 Å². The van der Waals surface area contributed by atoms with Crippen molar-refractivity contribution in [1.29, 1.82) is 0 Å². The summed E-state index contributed by atoms with van der Waals surface area (Å²) in [4.78, 5) is 24.4. The molecule has 0 spiro atoms. The molecular formula is C31H48ClNa2O12PS2. The maximum absolute atomic E-state index is 12.6. The Morgan fingerprint density at radius 2 is 0.980 bits per heavy atom. The Balaban J connectivity index is 0. The van der Waals surface area contributed by atoms with Crippen molar-refractivity contribution in [2.24, 2.45) is 5.92 Å². The van der Waals surface area contributed by atoms with Crippen molar-refractivity contribution >= 4 is 113 Å². The van der Waals surface area contributed by atoms with Crippen LogP contribution in [0.25, 0.3) is 0 Å². The van der Waals surface area contributed by atoms with Gasteiger partial charge in [-0.3, -0.25) is 9.11 Å². The van der Waals surface area contributed by atoms with Gasteiger partial charge >= 0.3 is 71.4 Å². The Morgan fingerprint density at radius 1 is 0.653 bits per heavy atom. The number of hydrogen-bond donors (Lipinski definition) is 2. The van der Waals surface area contributed by atoms with Crippen LogP contribution in [0.1, 0.15) is 85.0 Å². The van der Waals surface area contributed by atoms with E-state index in [1.807, 2.05) is 0 Å². The molecule has 2 aromatic carbocycles. The van der Waals surface area contributed by atoms with Crippen LogP contribution < -0.4 is 9.47 Å². The topological polar surface area (TPSA) is 180 Å². The van der Waals surface area contributed by atoms with Crippen molar-refractivity contribution < 1.29 is 54.5 Å². The molecule has 270 valence electrons. The van der Waals surface area contributed by atoms with E-state index in [2.05, 4.69) is 6.92 Å². The quantitative estimate of drug-likeness (QED) is 0.0297. The van der Waals surface area contributed by atoms with Gasteiger partial charge in [-0.25, -0.2) is 9.59 Å². The molecule has 0 saturated carbocycles. The Bertz CT molecular complexity index is 1370. The first-order valence-corrected chi connectivity index (χ1v) is 18.5. The van der Waals surface area contributed by atoms with Gasteiger partial charge in [-0.2, -0.15) is 26.7 Å². The second-order valence-corrected chi connectivity index (χ2v) is 14.4. The number of rotatable bonds is 19. The molecule has 12 nitrogen and oxygen atoms in total. The molecule has 0 fully saturated rings. The number of halogens is 1. The molecular weight excluding hydrogens is 741 g/mol. The molecule has 2 aromatic rings. The van der Waals surface area contributed by atoms with Crippen molar-refractivity contribution in [2.75, 3.05) is 0 Å². The minimum atomic E-state index is -4.43. The van der Waals surface area contributed by atoms with E-state index in [-0.39, 0.29) is 90.3 Å². The van der Waals surface area contributed by atoms with Gasteiger partial charge in [0.2, 0.25) is 0 Å². The molecule has 0 heterocycles. The minimum absolute atomic E-state index is 0. The van der Waals surface area contributed by atoms with E-state index in [0.717, 1.165) is 49.9 Å². The predicted molar refractivity (Wildman–Crippen MR) is 196 cm³/mol. The predicted octanol–water partition coefficient (Wildman–Crippen LogP) is 6.59. The molecule has 49 heavy (non-hydrogen) atoms. The average molecular weight is 789 g/mol. The molecule has 0 bridgehead atoms. The summed E-state index contributed by atoms with van der Waals surface area (Å²) in [5.41, 5.74) is 0. The van der Waals surface area contributed by atoms with Crippen LogP contribution in [0.15, 0.2) is 58.3 Å². The van der Waals surface area contributed by atoms with Crippen LogP contribution in [-0.4, -0.2) is 115 Å². The van der Waals surface area contributed by atoms with Gasteiger partial charge in [-0.1, -0.05) is 64.7 Å². The summed E-state index contributed by atoms with van der Waals surface area (Å²) in [6.07, 6.45) is 6.53. The number of carbonyl (C=O) groups excluding carboxylic acids is 2. The van der Waals surface area contributed by atoms with E-state index in [0.29, 0.717) is 6.42 Å². The van der Waals surface area contributed by atoms with E-state index < -0.39 is 56.0 Å². The Hall–Kier alpha value is -0.480. The Morgan fingerprint density at radius 3 is 1.31 bits per heavy atom. The summed E-state index contributed by atoms with van der Waals surface area (Å²) in [7, 11) is -8.85. The summed E-state index contributed by atoms with van der Waals surface area (Å²) >= 11 is 6.82. The monoisotopic (exact) mass is 788 g/mol. The van der Waals surface area contributed by atoms with Crippen LogP contribution in [0.3, 0.4) is 0 Å². The van der Waals surface area contributed by atoms with Crippen molar-refractivity contribution in [2.45, 2.75) is 112 Å². The molecule has 18 heteroatoms. The van der Waals surface area contributed by atoms with Gasteiger partial charge in [0.1, 0.15) is 23.7 Å². The zero-order valence-electron chi connectivity index (χ0n) is 26.9. The van der Waals surface area contributed by atoms with Crippen LogP contribution in [-0.2, 0) is 29.7 Å². The van der Waals surface area contributed by atoms with Gasteiger partial charge in [0, 0.05) is 11.3 Å². The zero-order chi connectivity index (χ0) is 34.3. The normalized spacial score (nSPS) is 13.6. The number of alkyl halides is 1. The number of benzene rings is 2. The molecule has 0 aliphatic heterocycles. The summed E-state index contributed by atoms with van der Waals surface area (Å²) < 4.78 is 84.5. The average Bonchev–Trinajstić information content (AvgIpc) is 2.95. The van der Waals surface area contributed by atoms with Crippen LogP contribution in [0.2, 0.25) is 0 Å². The standard InChI is InChI=1S/C31H43ClO12S2.2Na.H3P.2H/c1-4-5-6-7-8-9-10-11-12-13-28(32)29(22(2)41-30(33)43-24-14-18-26(19-15-24)45(35,36)37)23(3)42-31(34)44-25-16-20-27(21-17-25)46(38,39)40;;;;;/h14-23,28-29H,4-13H2,1-3H3,(H,35,36,37)(H,38,39,40);;;1H3;;. The molecule has 2 rings (SSSR count). The van der Waals surface area contributed by atoms with E-state index >= 15 is 0 Å². The van der Waals surface area contributed by atoms with Gasteiger partial charge in [0.25, 0.3) is 20.2 Å². The molecule has 0 aromatic heterocycles. The third-order valence-electron chi connectivity index (χ3n) is 7.29. The second kappa shape index (κ2) is 25.5. The Labute approximate surface area is 342 Å². The summed E-state index contributed by atoms with van der Waals surface area (Å²) in [5, 5.41) is -0.585. The van der Waals surface area contributed by atoms with E-state index in [1.54, 1.807) is 13.8 Å².